The number of H-pyrrole nitrogens is 1. The quantitative estimate of drug-likeness (QED) is 0.450. The summed E-state index contributed by atoms with van der Waals surface area (Å²) in [5, 5.41) is 6.69. The molecule has 6 nitrogen and oxygen atoms in total. The summed E-state index contributed by atoms with van der Waals surface area (Å²) < 4.78 is 0. The van der Waals surface area contributed by atoms with Gasteiger partial charge in [0.2, 0.25) is 0 Å². The number of nitrogens with zero attached hydrogens (tertiary/aromatic N) is 4. The van der Waals surface area contributed by atoms with E-state index in [1.807, 2.05) is 31.4 Å². The smallest absolute Gasteiger partial charge is 0.194 e. The Morgan fingerprint density at radius 1 is 1.25 bits per heavy atom. The summed E-state index contributed by atoms with van der Waals surface area (Å²) in [7, 11) is 2.03. The van der Waals surface area contributed by atoms with Gasteiger partial charge in [0.05, 0.1) is 29.1 Å². The number of aromatic nitrogens is 3. The Bertz CT molecular complexity index is 883. The van der Waals surface area contributed by atoms with E-state index >= 15 is 0 Å². The van der Waals surface area contributed by atoms with E-state index < -0.39 is 0 Å². The minimum Gasteiger partial charge on any atom is -0.357 e. The van der Waals surface area contributed by atoms with Crippen molar-refractivity contribution < 1.29 is 0 Å². The standard InChI is InChI=1S/C21H28N6S/c1-4-20-25-17(15-28-20)11-12-23-21(22-5-2)27(3)14-19-24-13-18(26-19)16-9-7-6-8-10-16/h6-10,13,15H,4-5,11-12,14H2,1-3H3,(H,22,23)(H,24,26). The summed E-state index contributed by atoms with van der Waals surface area (Å²) in [6.07, 6.45) is 3.74. The first-order chi connectivity index (χ1) is 13.7. The van der Waals surface area contributed by atoms with Gasteiger partial charge in [-0.25, -0.2) is 9.97 Å². The highest BCUT2D eigenvalue weighted by atomic mass is 32.1. The molecule has 0 saturated heterocycles. The molecular formula is C21H28N6S. The number of guanidine groups is 1. The highest BCUT2D eigenvalue weighted by Gasteiger charge is 2.10. The lowest BCUT2D eigenvalue weighted by Crippen LogP contribution is -2.38. The van der Waals surface area contributed by atoms with Gasteiger partial charge in [-0.15, -0.1) is 11.3 Å². The van der Waals surface area contributed by atoms with E-state index in [0.29, 0.717) is 13.1 Å². The van der Waals surface area contributed by atoms with Crippen molar-refractivity contribution in [2.24, 2.45) is 4.99 Å². The SMILES string of the molecule is CCNC(=NCCc1csc(CC)n1)N(C)Cc1ncc(-c2ccccc2)[nH]1. The van der Waals surface area contributed by atoms with E-state index in [1.54, 1.807) is 11.3 Å². The van der Waals surface area contributed by atoms with Crippen molar-refractivity contribution in [2.75, 3.05) is 20.1 Å². The second-order valence-electron chi connectivity index (χ2n) is 6.54. The zero-order valence-electron chi connectivity index (χ0n) is 16.8. The van der Waals surface area contributed by atoms with Crippen LogP contribution in [0, 0.1) is 0 Å². The van der Waals surface area contributed by atoms with Gasteiger partial charge < -0.3 is 15.2 Å². The molecule has 0 aliphatic carbocycles. The Kier molecular flexibility index (Phi) is 7.19. The number of nitrogens with one attached hydrogen (secondary N) is 2. The summed E-state index contributed by atoms with van der Waals surface area (Å²) in [5.74, 6) is 1.80. The molecule has 0 bridgehead atoms. The number of aryl methyl sites for hydroxylation is 1. The van der Waals surface area contributed by atoms with Crippen LogP contribution in [0.4, 0.5) is 0 Å². The third-order valence-corrected chi connectivity index (χ3v) is 5.37. The van der Waals surface area contributed by atoms with Crippen LogP contribution in [0.3, 0.4) is 0 Å². The number of aromatic amines is 1. The van der Waals surface area contributed by atoms with Crippen LogP contribution in [0.15, 0.2) is 46.9 Å². The maximum atomic E-state index is 4.76. The number of hydrogen-bond donors (Lipinski definition) is 2. The average Bonchev–Trinajstić information content (AvgIpc) is 3.37. The van der Waals surface area contributed by atoms with E-state index in [9.17, 15) is 0 Å². The predicted molar refractivity (Wildman–Crippen MR) is 117 cm³/mol. The van der Waals surface area contributed by atoms with Crippen molar-refractivity contribution >= 4 is 17.3 Å². The van der Waals surface area contributed by atoms with Gasteiger partial charge in [-0.05, 0) is 18.9 Å². The van der Waals surface area contributed by atoms with Gasteiger partial charge in [0.15, 0.2) is 5.96 Å². The fourth-order valence-corrected chi connectivity index (χ4v) is 3.66. The Balaban J connectivity index is 1.60. The minimum atomic E-state index is 0.662. The molecule has 2 aromatic heterocycles. The van der Waals surface area contributed by atoms with E-state index in [4.69, 9.17) is 4.99 Å². The van der Waals surface area contributed by atoms with Crippen LogP contribution < -0.4 is 5.32 Å². The first kappa shape index (κ1) is 20.1. The van der Waals surface area contributed by atoms with Crippen molar-refractivity contribution in [2.45, 2.75) is 33.2 Å². The second kappa shape index (κ2) is 10.0. The van der Waals surface area contributed by atoms with Crippen molar-refractivity contribution in [3.05, 3.63) is 58.4 Å². The molecule has 0 radical (unpaired) electrons. The molecule has 2 N–H and O–H groups in total. The molecule has 0 unspecified atom stereocenters. The van der Waals surface area contributed by atoms with E-state index in [1.165, 1.54) is 5.01 Å². The van der Waals surface area contributed by atoms with Crippen molar-refractivity contribution in [3.63, 3.8) is 0 Å². The number of hydrogen-bond acceptors (Lipinski definition) is 4. The van der Waals surface area contributed by atoms with Crippen LogP contribution in [0.1, 0.15) is 30.4 Å². The Hall–Kier alpha value is -2.67. The molecule has 0 aliphatic heterocycles. The molecule has 1 aromatic carbocycles. The molecule has 28 heavy (non-hydrogen) atoms. The minimum absolute atomic E-state index is 0.662. The monoisotopic (exact) mass is 396 g/mol. The van der Waals surface area contributed by atoms with Crippen molar-refractivity contribution in [1.82, 2.24) is 25.2 Å². The first-order valence-corrected chi connectivity index (χ1v) is 10.6. The zero-order chi connectivity index (χ0) is 19.8. The van der Waals surface area contributed by atoms with Gasteiger partial charge in [0.1, 0.15) is 5.82 Å². The molecule has 2 heterocycles. The van der Waals surface area contributed by atoms with Gasteiger partial charge in [-0.2, -0.15) is 0 Å². The second-order valence-corrected chi connectivity index (χ2v) is 7.48. The number of aliphatic imine (C=N–C) groups is 1. The molecule has 7 heteroatoms. The number of thiazole rings is 1. The summed E-state index contributed by atoms with van der Waals surface area (Å²) in [6.45, 7) is 6.42. The largest absolute Gasteiger partial charge is 0.357 e. The third-order valence-electron chi connectivity index (χ3n) is 4.33. The molecule has 0 spiro atoms. The molecule has 3 aromatic rings. The summed E-state index contributed by atoms with van der Waals surface area (Å²) in [6, 6.07) is 10.2. The summed E-state index contributed by atoms with van der Waals surface area (Å²) >= 11 is 1.73. The van der Waals surface area contributed by atoms with Gasteiger partial charge in [0, 0.05) is 31.9 Å². The van der Waals surface area contributed by atoms with Crippen LogP contribution in [-0.2, 0) is 19.4 Å². The van der Waals surface area contributed by atoms with Crippen LogP contribution >= 0.6 is 11.3 Å². The third kappa shape index (κ3) is 5.42. The first-order valence-electron chi connectivity index (χ1n) is 9.71. The molecule has 0 aliphatic rings. The topological polar surface area (TPSA) is 69.2 Å². The summed E-state index contributed by atoms with van der Waals surface area (Å²) in [5.41, 5.74) is 3.29. The average molecular weight is 397 g/mol. The number of imidazole rings is 1. The Morgan fingerprint density at radius 3 is 2.79 bits per heavy atom. The predicted octanol–water partition coefficient (Wildman–Crippen LogP) is 3.74. The molecule has 148 valence electrons. The van der Waals surface area contributed by atoms with Crippen molar-refractivity contribution in [1.29, 1.82) is 0 Å². The molecular weight excluding hydrogens is 368 g/mol. The maximum Gasteiger partial charge on any atom is 0.194 e. The molecule has 0 saturated carbocycles. The number of rotatable bonds is 8. The lowest BCUT2D eigenvalue weighted by atomic mass is 10.2. The van der Waals surface area contributed by atoms with E-state index in [-0.39, 0.29) is 0 Å². The fourth-order valence-electron chi connectivity index (χ4n) is 2.88. The maximum absolute atomic E-state index is 4.76. The van der Waals surface area contributed by atoms with Crippen LogP contribution in [0.2, 0.25) is 0 Å². The lowest BCUT2D eigenvalue weighted by molar-refractivity contribution is 0.464. The number of benzene rings is 1. The van der Waals surface area contributed by atoms with E-state index in [2.05, 4.69) is 56.5 Å². The zero-order valence-corrected chi connectivity index (χ0v) is 17.6. The molecule has 0 fully saturated rings. The lowest BCUT2D eigenvalue weighted by Gasteiger charge is -2.21. The van der Waals surface area contributed by atoms with Gasteiger partial charge in [-0.3, -0.25) is 4.99 Å². The van der Waals surface area contributed by atoms with Gasteiger partial charge in [-0.1, -0.05) is 37.3 Å². The molecule has 3 rings (SSSR count). The van der Waals surface area contributed by atoms with E-state index in [0.717, 1.165) is 48.1 Å². The van der Waals surface area contributed by atoms with Crippen LogP contribution in [-0.4, -0.2) is 45.9 Å². The van der Waals surface area contributed by atoms with Crippen LogP contribution in [0.25, 0.3) is 11.3 Å². The fraction of sp³-hybridized carbons (Fsp3) is 0.381. The summed E-state index contributed by atoms with van der Waals surface area (Å²) in [4.78, 5) is 19.4. The van der Waals surface area contributed by atoms with Gasteiger partial charge in [0.25, 0.3) is 0 Å². The van der Waals surface area contributed by atoms with Gasteiger partial charge >= 0.3 is 0 Å². The molecule has 0 atom stereocenters. The molecule has 0 amide bonds. The highest BCUT2D eigenvalue weighted by Crippen LogP contribution is 2.16. The Labute approximate surface area is 170 Å². The van der Waals surface area contributed by atoms with Crippen LogP contribution in [0.5, 0.6) is 0 Å². The highest BCUT2D eigenvalue weighted by molar-refractivity contribution is 7.09. The van der Waals surface area contributed by atoms with Crippen molar-refractivity contribution in [3.8, 4) is 11.3 Å². The Morgan fingerprint density at radius 2 is 2.07 bits per heavy atom. The normalized spacial score (nSPS) is 11.6.